The second-order valence-corrected chi connectivity index (χ2v) is 8.25. The number of nitrogens with two attached hydrogens (primary N) is 1. The minimum absolute atomic E-state index is 0.0939. The van der Waals surface area contributed by atoms with E-state index in [2.05, 4.69) is 15.4 Å². The highest BCUT2D eigenvalue weighted by Gasteiger charge is 2.25. The van der Waals surface area contributed by atoms with E-state index >= 15 is 0 Å². The molecule has 3 atom stereocenters. The summed E-state index contributed by atoms with van der Waals surface area (Å²) in [6.07, 6.45) is 4.71. The lowest BCUT2D eigenvalue weighted by molar-refractivity contribution is 0.0783. The first-order valence-electron chi connectivity index (χ1n) is 9.84. The average molecular weight is 466 g/mol. The molecule has 1 aliphatic heterocycles. The molecular formula is C21H22Cl2FN5O2. The fraction of sp³-hybridized carbons (Fsp3) is 0.333. The number of aliphatic hydroxyl groups excluding tert-OH is 1. The van der Waals surface area contributed by atoms with E-state index in [-0.39, 0.29) is 16.9 Å². The van der Waals surface area contributed by atoms with Gasteiger partial charge in [-0.1, -0.05) is 23.2 Å². The second kappa shape index (κ2) is 9.00. The van der Waals surface area contributed by atoms with Crippen LogP contribution >= 0.6 is 23.2 Å². The molecule has 2 aromatic heterocycles. The van der Waals surface area contributed by atoms with Crippen molar-refractivity contribution in [3.05, 3.63) is 58.2 Å². The van der Waals surface area contributed by atoms with E-state index in [0.717, 1.165) is 17.7 Å². The number of halogens is 3. The summed E-state index contributed by atoms with van der Waals surface area (Å²) < 4.78 is 21.6. The van der Waals surface area contributed by atoms with Crippen LogP contribution in [0.4, 0.5) is 10.2 Å². The zero-order chi connectivity index (χ0) is 22.1. The van der Waals surface area contributed by atoms with Crippen molar-refractivity contribution in [3.63, 3.8) is 0 Å². The third kappa shape index (κ3) is 4.48. The number of hydrogen-bond acceptors (Lipinski definition) is 6. The van der Waals surface area contributed by atoms with Gasteiger partial charge in [-0.15, -0.1) is 0 Å². The van der Waals surface area contributed by atoms with Crippen molar-refractivity contribution in [2.75, 3.05) is 18.8 Å². The van der Waals surface area contributed by atoms with Gasteiger partial charge in [-0.2, -0.15) is 5.10 Å². The van der Waals surface area contributed by atoms with E-state index < -0.39 is 18.0 Å². The molecule has 4 rings (SSSR count). The molecule has 3 heterocycles. The lowest BCUT2D eigenvalue weighted by Crippen LogP contribution is -2.41. The van der Waals surface area contributed by atoms with Crippen LogP contribution in [0.25, 0.3) is 11.1 Å². The summed E-state index contributed by atoms with van der Waals surface area (Å²) in [5.41, 5.74) is 7.86. The lowest BCUT2D eigenvalue weighted by Gasteiger charge is -2.28. The number of aromatic nitrogens is 3. The summed E-state index contributed by atoms with van der Waals surface area (Å²) in [7, 11) is 0. The largest absolute Gasteiger partial charge is 0.482 e. The van der Waals surface area contributed by atoms with Gasteiger partial charge in [0.2, 0.25) is 0 Å². The number of aliphatic hydroxyl groups is 1. The number of nitrogen functional groups attached to an aromatic ring is 1. The topological polar surface area (TPSA) is 98.2 Å². The van der Waals surface area contributed by atoms with Crippen molar-refractivity contribution in [2.45, 2.75) is 31.6 Å². The van der Waals surface area contributed by atoms with Crippen LogP contribution < -0.4 is 15.8 Å². The van der Waals surface area contributed by atoms with Gasteiger partial charge in [0.1, 0.15) is 11.9 Å². The highest BCUT2D eigenvalue weighted by Crippen LogP contribution is 2.37. The van der Waals surface area contributed by atoms with Gasteiger partial charge in [-0.25, -0.2) is 9.37 Å². The van der Waals surface area contributed by atoms with E-state index in [9.17, 15) is 9.50 Å². The standard InChI is InChI=1S/C21H22Cl2FN5O2/c1-11(19-14(22)2-3-15(24)20(19)23)31-18-6-12(7-27-21(18)25)13-8-28-29(10-13)16-9-26-5-4-17(16)30/h2-3,6-8,10-11,16-17,26,30H,4-5,9H2,1H3,(H2,25,27)/t11-,16-,17-/m1/s1. The van der Waals surface area contributed by atoms with E-state index in [1.807, 2.05) is 6.20 Å². The maximum Gasteiger partial charge on any atom is 0.166 e. The minimum atomic E-state index is -0.666. The molecule has 164 valence electrons. The molecule has 10 heteroatoms. The van der Waals surface area contributed by atoms with Crippen molar-refractivity contribution >= 4 is 29.0 Å². The molecule has 7 nitrogen and oxygen atoms in total. The fourth-order valence-electron chi connectivity index (χ4n) is 3.64. The Kier molecular flexibility index (Phi) is 6.34. The van der Waals surface area contributed by atoms with Crippen molar-refractivity contribution in [1.29, 1.82) is 0 Å². The first-order valence-corrected chi connectivity index (χ1v) is 10.6. The van der Waals surface area contributed by atoms with E-state index in [1.54, 1.807) is 30.1 Å². The predicted octanol–water partition coefficient (Wildman–Crippen LogP) is 4.01. The molecule has 0 unspecified atom stereocenters. The number of hydrogen-bond donors (Lipinski definition) is 3. The van der Waals surface area contributed by atoms with Gasteiger partial charge >= 0.3 is 0 Å². The molecule has 4 N–H and O–H groups in total. The molecule has 3 aromatic rings. The summed E-state index contributed by atoms with van der Waals surface area (Å²) in [4.78, 5) is 4.22. The molecule has 0 saturated carbocycles. The van der Waals surface area contributed by atoms with E-state index in [0.29, 0.717) is 29.3 Å². The van der Waals surface area contributed by atoms with Crippen molar-refractivity contribution in [1.82, 2.24) is 20.1 Å². The first kappa shape index (κ1) is 21.8. The third-order valence-electron chi connectivity index (χ3n) is 5.36. The number of ether oxygens (including phenoxy) is 1. The van der Waals surface area contributed by atoms with Crippen molar-refractivity contribution < 1.29 is 14.2 Å². The van der Waals surface area contributed by atoms with Gasteiger partial charge in [-0.3, -0.25) is 4.68 Å². The van der Waals surface area contributed by atoms with Crippen LogP contribution in [0.1, 0.15) is 31.1 Å². The number of piperidine rings is 1. The predicted molar refractivity (Wildman–Crippen MR) is 118 cm³/mol. The number of benzene rings is 1. The quantitative estimate of drug-likeness (QED) is 0.492. The molecule has 0 radical (unpaired) electrons. The zero-order valence-corrected chi connectivity index (χ0v) is 18.2. The molecule has 0 amide bonds. The zero-order valence-electron chi connectivity index (χ0n) is 16.7. The van der Waals surface area contributed by atoms with Gasteiger partial charge in [0.25, 0.3) is 0 Å². The summed E-state index contributed by atoms with van der Waals surface area (Å²) in [6.45, 7) is 3.13. The Morgan fingerprint density at radius 3 is 2.90 bits per heavy atom. The number of nitrogens with one attached hydrogen (secondary N) is 1. The average Bonchev–Trinajstić information content (AvgIpc) is 3.23. The van der Waals surface area contributed by atoms with Crippen LogP contribution in [-0.4, -0.2) is 39.1 Å². The highest BCUT2D eigenvalue weighted by atomic mass is 35.5. The van der Waals surface area contributed by atoms with Gasteiger partial charge in [-0.05, 0) is 38.1 Å². The molecule has 0 aliphatic carbocycles. The monoisotopic (exact) mass is 465 g/mol. The molecule has 1 saturated heterocycles. The van der Waals surface area contributed by atoms with Crippen LogP contribution in [-0.2, 0) is 0 Å². The Hall–Kier alpha value is -2.39. The normalized spacial score (nSPS) is 19.9. The molecule has 31 heavy (non-hydrogen) atoms. The molecule has 0 bridgehead atoms. The number of anilines is 1. The Labute approximate surface area is 188 Å². The van der Waals surface area contributed by atoms with Crippen LogP contribution in [0.15, 0.2) is 36.8 Å². The van der Waals surface area contributed by atoms with Gasteiger partial charge in [0.05, 0.1) is 23.4 Å². The van der Waals surface area contributed by atoms with Gasteiger partial charge < -0.3 is 20.9 Å². The summed E-state index contributed by atoms with van der Waals surface area (Å²) in [5, 5.41) is 18.1. The molecule has 1 aromatic carbocycles. The van der Waals surface area contributed by atoms with Crippen LogP contribution in [0, 0.1) is 5.82 Å². The minimum Gasteiger partial charge on any atom is -0.482 e. The van der Waals surface area contributed by atoms with Crippen LogP contribution in [0.3, 0.4) is 0 Å². The number of pyridine rings is 1. The Morgan fingerprint density at radius 1 is 1.32 bits per heavy atom. The molecule has 0 spiro atoms. The lowest BCUT2D eigenvalue weighted by atomic mass is 10.0. The Bertz CT molecular complexity index is 1090. The van der Waals surface area contributed by atoms with Crippen LogP contribution in [0.2, 0.25) is 10.0 Å². The molecular weight excluding hydrogens is 444 g/mol. The van der Waals surface area contributed by atoms with E-state index in [1.165, 1.54) is 12.1 Å². The third-order valence-corrected chi connectivity index (χ3v) is 6.07. The molecule has 1 aliphatic rings. The number of rotatable bonds is 5. The van der Waals surface area contributed by atoms with Gasteiger partial charge in [0.15, 0.2) is 11.6 Å². The first-order chi connectivity index (χ1) is 14.8. The summed E-state index contributed by atoms with van der Waals surface area (Å²) in [6, 6.07) is 4.22. The van der Waals surface area contributed by atoms with Gasteiger partial charge in [0, 0.05) is 40.7 Å². The van der Waals surface area contributed by atoms with Crippen LogP contribution in [0.5, 0.6) is 5.75 Å². The summed E-state index contributed by atoms with van der Waals surface area (Å²) >= 11 is 12.3. The maximum absolute atomic E-state index is 13.9. The smallest absolute Gasteiger partial charge is 0.166 e. The molecule has 1 fully saturated rings. The van der Waals surface area contributed by atoms with E-state index in [4.69, 9.17) is 33.7 Å². The Morgan fingerprint density at radius 2 is 2.13 bits per heavy atom. The van der Waals surface area contributed by atoms with Crippen molar-refractivity contribution in [2.24, 2.45) is 0 Å². The SMILES string of the molecule is C[C@@H](Oc1cc(-c2cnn([C@@H]3CNCC[C@H]3O)c2)cnc1N)c1c(Cl)ccc(F)c1Cl. The maximum atomic E-state index is 13.9. The fourth-order valence-corrected chi connectivity index (χ4v) is 4.32. The highest BCUT2D eigenvalue weighted by molar-refractivity contribution is 6.36. The van der Waals surface area contributed by atoms with Crippen molar-refractivity contribution in [3.8, 4) is 16.9 Å². The number of nitrogens with zero attached hydrogens (tertiary/aromatic N) is 3. The summed E-state index contributed by atoms with van der Waals surface area (Å²) in [5.74, 6) is -0.0878. The second-order valence-electron chi connectivity index (χ2n) is 7.46. The Balaban J connectivity index is 1.59.